The molecule has 0 aromatic heterocycles. The fourth-order valence-electron chi connectivity index (χ4n) is 0.423. The Balaban J connectivity index is 2.65. The molecular weight excluding hydrogens is 120 g/mol. The maximum atomic E-state index is 6.31. The van der Waals surface area contributed by atoms with Gasteiger partial charge >= 0.3 is 0 Å². The fourth-order valence-corrected chi connectivity index (χ4v) is 0.423. The molecule has 0 amide bonds. The second-order valence-corrected chi connectivity index (χ2v) is 1.51. The first-order valence-corrected chi connectivity index (χ1v) is 3.15. The minimum absolute atomic E-state index is 0.326. The van der Waals surface area contributed by atoms with E-state index in [0.29, 0.717) is 26.4 Å². The number of aliphatic hydroxyl groups excluding tert-OH is 1. The van der Waals surface area contributed by atoms with Crippen LogP contribution in [0.2, 0.25) is 0 Å². The zero-order chi connectivity index (χ0) is 7.66. The van der Waals surface area contributed by atoms with Gasteiger partial charge in [0.2, 0.25) is 1.43 Å². The van der Waals surface area contributed by atoms with Crippen LogP contribution >= 0.6 is 0 Å². The largest absolute Gasteiger partial charge is 0.394 e. The minimum atomic E-state index is 0.326. The van der Waals surface area contributed by atoms with Crippen LogP contribution in [0.15, 0.2) is 0 Å². The van der Waals surface area contributed by atoms with Crippen LogP contribution in [0.25, 0.3) is 0 Å². The van der Waals surface area contributed by atoms with Crippen LogP contribution in [-0.2, 0) is 9.47 Å². The average Bonchev–Trinajstić information content (AvgIpc) is 1.97. The summed E-state index contributed by atoms with van der Waals surface area (Å²) in [4.78, 5) is 0. The van der Waals surface area contributed by atoms with Crippen LogP contribution in [0.1, 0.15) is 6.92 Å². The zero-order valence-electron chi connectivity index (χ0n) is 6.76. The van der Waals surface area contributed by atoms with Gasteiger partial charge in [-0.15, -0.1) is 0 Å². The molecule has 0 radical (unpaired) electrons. The first-order chi connectivity index (χ1) is 4.91. The van der Waals surface area contributed by atoms with Gasteiger partial charge in [0.15, 0.2) is 0 Å². The summed E-state index contributed by atoms with van der Waals surface area (Å²) in [6.45, 7) is 4.65. The monoisotopic (exact) mass is 135 g/mol. The average molecular weight is 135 g/mol. The van der Waals surface area contributed by atoms with Crippen molar-refractivity contribution in [2.75, 3.05) is 33.0 Å². The summed E-state index contributed by atoms with van der Waals surface area (Å²) >= 11 is 0. The summed E-state index contributed by atoms with van der Waals surface area (Å²) in [5.41, 5.74) is 0. The van der Waals surface area contributed by atoms with E-state index in [2.05, 4.69) is 5.11 Å². The van der Waals surface area contributed by atoms with Gasteiger partial charge in [0.25, 0.3) is 0 Å². The summed E-state index contributed by atoms with van der Waals surface area (Å²) in [7, 11) is 0. The topological polar surface area (TPSA) is 38.7 Å². The highest BCUT2D eigenvalue weighted by Gasteiger charge is 1.84. The Labute approximate surface area is 57.1 Å². The predicted molar refractivity (Wildman–Crippen MR) is 34.4 cm³/mol. The van der Waals surface area contributed by atoms with E-state index in [1.54, 1.807) is 0 Å². The first-order valence-electron chi connectivity index (χ1n) is 3.56. The van der Waals surface area contributed by atoms with Crippen molar-refractivity contribution in [3.05, 3.63) is 0 Å². The summed E-state index contributed by atoms with van der Waals surface area (Å²) in [6, 6.07) is 0. The van der Waals surface area contributed by atoms with Crippen LogP contribution in [-0.4, -0.2) is 39.6 Å². The molecule has 0 aromatic rings. The van der Waals surface area contributed by atoms with Crippen molar-refractivity contribution in [3.8, 4) is 0 Å². The van der Waals surface area contributed by atoms with Gasteiger partial charge in [-0.25, -0.2) is 0 Å². The van der Waals surface area contributed by atoms with Crippen molar-refractivity contribution >= 4 is 0 Å². The molecule has 0 atom stereocenters. The molecule has 0 bridgehead atoms. The molecule has 9 heavy (non-hydrogen) atoms. The highest BCUT2D eigenvalue weighted by atomic mass is 16.5. The van der Waals surface area contributed by atoms with E-state index < -0.39 is 0 Å². The maximum Gasteiger partial charge on any atom is 0.210 e. The normalized spacial score (nSPS) is 11.4. The van der Waals surface area contributed by atoms with Gasteiger partial charge < -0.3 is 14.6 Å². The predicted octanol–water partition coefficient (Wildman–Crippen LogP) is 0.0318. The third kappa shape index (κ3) is 7.88. The highest BCUT2D eigenvalue weighted by Crippen LogP contribution is 1.76. The summed E-state index contributed by atoms with van der Waals surface area (Å²) in [5, 5.41) is 4.03. The van der Waals surface area contributed by atoms with Crippen LogP contribution in [0, 0.1) is 0 Å². The number of hydrogen-bond acceptors (Lipinski definition) is 3. The smallest absolute Gasteiger partial charge is 0.210 e. The van der Waals surface area contributed by atoms with E-state index in [4.69, 9.17) is 10.9 Å². The fraction of sp³-hybridized carbons (Fsp3) is 1.00. The summed E-state index contributed by atoms with van der Waals surface area (Å²) in [5.74, 6) is 0. The zero-order valence-corrected chi connectivity index (χ0v) is 5.76. The van der Waals surface area contributed by atoms with Crippen LogP contribution < -0.4 is 0 Å². The lowest BCUT2D eigenvalue weighted by Crippen LogP contribution is -2.06. The molecule has 0 unspecified atom stereocenters. The molecule has 0 fully saturated rings. The quantitative estimate of drug-likeness (QED) is 0.501. The Morgan fingerprint density at radius 2 is 2.11 bits per heavy atom. The molecule has 0 aromatic carbocycles. The molecule has 0 rings (SSSR count). The number of hydrogen-bond donors (Lipinski definition) is 1. The third-order valence-electron chi connectivity index (χ3n) is 0.804. The second kappa shape index (κ2) is 7.88. The lowest BCUT2D eigenvalue weighted by Gasteiger charge is -2.00. The maximum absolute atomic E-state index is 6.31. The van der Waals surface area contributed by atoms with Crippen molar-refractivity contribution in [3.63, 3.8) is 0 Å². The van der Waals surface area contributed by atoms with Gasteiger partial charge in [-0.1, -0.05) is 0 Å². The molecule has 0 heterocycles. The molecule has 0 saturated heterocycles. The minimum Gasteiger partial charge on any atom is -0.394 e. The Morgan fingerprint density at radius 3 is 2.78 bits per heavy atom. The third-order valence-corrected chi connectivity index (χ3v) is 0.804. The number of aliphatic hydroxyl groups is 1. The van der Waals surface area contributed by atoms with Crippen molar-refractivity contribution in [2.24, 2.45) is 0 Å². The second-order valence-electron chi connectivity index (χ2n) is 1.51. The van der Waals surface area contributed by atoms with Crippen molar-refractivity contribution < 1.29 is 14.6 Å². The van der Waals surface area contributed by atoms with Gasteiger partial charge in [-0.3, -0.25) is 0 Å². The Hall–Kier alpha value is -0.120. The van der Waals surface area contributed by atoms with Gasteiger partial charge in [0.05, 0.1) is 26.4 Å². The van der Waals surface area contributed by atoms with Crippen LogP contribution in [0.5, 0.6) is 0 Å². The van der Waals surface area contributed by atoms with E-state index in [1.807, 2.05) is 6.92 Å². The Bertz CT molecular complexity index is 53.0. The van der Waals surface area contributed by atoms with Crippen molar-refractivity contribution in [1.29, 1.82) is 1.43 Å². The Morgan fingerprint density at radius 1 is 1.33 bits per heavy atom. The van der Waals surface area contributed by atoms with E-state index in [-0.39, 0.29) is 0 Å². The molecule has 3 heteroatoms. The highest BCUT2D eigenvalue weighted by molar-refractivity contribution is 4.28. The lowest BCUT2D eigenvalue weighted by molar-refractivity contribution is 0.0370. The van der Waals surface area contributed by atoms with E-state index in [1.165, 1.54) is 0 Å². The molecule has 0 spiro atoms. The van der Waals surface area contributed by atoms with E-state index in [9.17, 15) is 0 Å². The Kier molecular flexibility index (Phi) is 6.12. The first kappa shape index (κ1) is 6.99. The summed E-state index contributed by atoms with van der Waals surface area (Å²) < 4.78 is 16.3. The number of ether oxygens (including phenoxy) is 2. The molecular formula is C6H14O3. The van der Waals surface area contributed by atoms with E-state index in [0.717, 1.165) is 6.61 Å². The standard InChI is InChI=1S/C6H14O3/c1-2-8-5-6-9-4-3-7/h7H,2-6H2,1H3/i7D. The van der Waals surface area contributed by atoms with Crippen LogP contribution in [0.3, 0.4) is 0 Å². The molecule has 0 saturated carbocycles. The molecule has 1 N–H and O–H groups in total. The summed E-state index contributed by atoms with van der Waals surface area (Å²) in [6.07, 6.45) is 0. The molecule has 3 nitrogen and oxygen atoms in total. The van der Waals surface area contributed by atoms with Gasteiger partial charge in [-0.05, 0) is 6.92 Å². The van der Waals surface area contributed by atoms with E-state index >= 15 is 0 Å². The van der Waals surface area contributed by atoms with Gasteiger partial charge in [0, 0.05) is 6.61 Å². The van der Waals surface area contributed by atoms with Gasteiger partial charge in [0.1, 0.15) is 0 Å². The SMILES string of the molecule is [2H]OCCOCCOCC. The number of rotatable bonds is 7. The molecule has 0 aliphatic carbocycles. The molecule has 56 valence electrons. The lowest BCUT2D eigenvalue weighted by atomic mass is 10.7. The van der Waals surface area contributed by atoms with Crippen molar-refractivity contribution in [1.82, 2.24) is 0 Å². The molecule has 0 aliphatic rings. The van der Waals surface area contributed by atoms with Gasteiger partial charge in [-0.2, -0.15) is 0 Å². The van der Waals surface area contributed by atoms with Crippen LogP contribution in [0.4, 0.5) is 0 Å². The van der Waals surface area contributed by atoms with Crippen molar-refractivity contribution in [2.45, 2.75) is 6.92 Å². The molecule has 0 aliphatic heterocycles.